The van der Waals surface area contributed by atoms with E-state index in [1.165, 1.54) is 5.56 Å². The first-order valence-corrected chi connectivity index (χ1v) is 5.30. The predicted molar refractivity (Wildman–Crippen MR) is 60.6 cm³/mol. The van der Waals surface area contributed by atoms with Gasteiger partial charge in [0.1, 0.15) is 0 Å². The van der Waals surface area contributed by atoms with E-state index in [1.54, 1.807) is 0 Å². The molecule has 0 saturated heterocycles. The Bertz CT molecular complexity index is 280. The summed E-state index contributed by atoms with van der Waals surface area (Å²) in [5.74, 6) is 0.0548. The molecule has 0 fully saturated rings. The molecule has 0 aliphatic rings. The summed E-state index contributed by atoms with van der Waals surface area (Å²) in [7, 11) is 0. The van der Waals surface area contributed by atoms with Crippen LogP contribution in [0.3, 0.4) is 0 Å². The maximum absolute atomic E-state index is 11.3. The normalized spacial score (nSPS) is 10.6. The van der Waals surface area contributed by atoms with Gasteiger partial charge >= 0.3 is 0 Å². The van der Waals surface area contributed by atoms with E-state index < -0.39 is 0 Å². The van der Waals surface area contributed by atoms with Crippen molar-refractivity contribution in [1.82, 2.24) is 15.6 Å². The minimum absolute atomic E-state index is 0.0548. The molecule has 0 aromatic carbocycles. The van der Waals surface area contributed by atoms with Gasteiger partial charge in [0, 0.05) is 25.0 Å². The lowest BCUT2D eigenvalue weighted by molar-refractivity contribution is -0.120. The first-order valence-electron chi connectivity index (χ1n) is 5.30. The van der Waals surface area contributed by atoms with Crippen molar-refractivity contribution in [2.24, 2.45) is 0 Å². The van der Waals surface area contributed by atoms with Crippen LogP contribution in [-0.4, -0.2) is 30.0 Å². The summed E-state index contributed by atoms with van der Waals surface area (Å²) in [6.45, 7) is 5.13. The number of hydrogen-bond acceptors (Lipinski definition) is 2. The molecule has 4 nitrogen and oxygen atoms in total. The molecule has 1 aromatic rings. The zero-order chi connectivity index (χ0) is 11.1. The van der Waals surface area contributed by atoms with Gasteiger partial charge in [-0.3, -0.25) is 4.79 Å². The van der Waals surface area contributed by atoms with Crippen LogP contribution in [0.25, 0.3) is 0 Å². The van der Waals surface area contributed by atoms with E-state index in [9.17, 15) is 4.79 Å². The monoisotopic (exact) mass is 209 g/mol. The van der Waals surface area contributed by atoms with Gasteiger partial charge in [0.15, 0.2) is 0 Å². The summed E-state index contributed by atoms with van der Waals surface area (Å²) < 4.78 is 0. The highest BCUT2D eigenvalue weighted by Crippen LogP contribution is 1.95. The second-order valence-electron chi connectivity index (χ2n) is 3.85. The number of amides is 1. The average molecular weight is 209 g/mol. The van der Waals surface area contributed by atoms with Crippen molar-refractivity contribution in [2.45, 2.75) is 26.3 Å². The van der Waals surface area contributed by atoms with Crippen LogP contribution < -0.4 is 10.6 Å². The largest absolute Gasteiger partial charge is 0.367 e. The van der Waals surface area contributed by atoms with Crippen LogP contribution in [0.1, 0.15) is 19.4 Å². The maximum Gasteiger partial charge on any atom is 0.233 e. The number of aromatic nitrogens is 1. The van der Waals surface area contributed by atoms with Crippen LogP contribution in [0.2, 0.25) is 0 Å². The molecule has 4 heteroatoms. The van der Waals surface area contributed by atoms with Crippen molar-refractivity contribution < 1.29 is 4.79 Å². The maximum atomic E-state index is 11.3. The molecule has 84 valence electrons. The molecule has 0 aliphatic heterocycles. The number of carbonyl (C=O) groups excluding carboxylic acids is 1. The Hall–Kier alpha value is -1.29. The first-order chi connectivity index (χ1) is 7.18. The Balaban J connectivity index is 2.07. The van der Waals surface area contributed by atoms with Crippen molar-refractivity contribution in [3.8, 4) is 0 Å². The minimum Gasteiger partial charge on any atom is -0.367 e. The molecule has 1 aromatic heterocycles. The Morgan fingerprint density at radius 3 is 2.93 bits per heavy atom. The second-order valence-corrected chi connectivity index (χ2v) is 3.85. The van der Waals surface area contributed by atoms with E-state index in [1.807, 2.05) is 32.3 Å². The zero-order valence-electron chi connectivity index (χ0n) is 9.34. The Morgan fingerprint density at radius 1 is 1.53 bits per heavy atom. The van der Waals surface area contributed by atoms with Crippen molar-refractivity contribution >= 4 is 5.91 Å². The van der Waals surface area contributed by atoms with Crippen LogP contribution in [-0.2, 0) is 11.2 Å². The van der Waals surface area contributed by atoms with Crippen molar-refractivity contribution in [3.63, 3.8) is 0 Å². The highest BCUT2D eigenvalue weighted by atomic mass is 16.1. The lowest BCUT2D eigenvalue weighted by Crippen LogP contribution is -2.37. The molecule has 0 unspecified atom stereocenters. The Morgan fingerprint density at radius 2 is 2.33 bits per heavy atom. The van der Waals surface area contributed by atoms with Crippen LogP contribution >= 0.6 is 0 Å². The summed E-state index contributed by atoms with van der Waals surface area (Å²) in [5, 5.41) is 5.93. The van der Waals surface area contributed by atoms with Gasteiger partial charge in [0.05, 0.1) is 6.54 Å². The van der Waals surface area contributed by atoms with Crippen molar-refractivity contribution in [2.75, 3.05) is 13.1 Å². The molecule has 1 heterocycles. The fraction of sp³-hybridized carbons (Fsp3) is 0.545. The third-order valence-electron chi connectivity index (χ3n) is 2.07. The molecule has 3 N–H and O–H groups in total. The second kappa shape index (κ2) is 6.24. The molecule has 1 rings (SSSR count). The van der Waals surface area contributed by atoms with Crippen molar-refractivity contribution in [1.29, 1.82) is 0 Å². The SMILES string of the molecule is CC(C)NCC(=O)NCCc1cc[nH]c1. The number of carbonyl (C=O) groups is 1. The van der Waals surface area contributed by atoms with Crippen LogP contribution in [0.4, 0.5) is 0 Å². The van der Waals surface area contributed by atoms with Gasteiger partial charge in [-0.15, -0.1) is 0 Å². The number of rotatable bonds is 6. The molecule has 1 amide bonds. The third kappa shape index (κ3) is 5.22. The van der Waals surface area contributed by atoms with Gasteiger partial charge in [0.25, 0.3) is 0 Å². The topological polar surface area (TPSA) is 56.9 Å². The number of H-pyrrole nitrogens is 1. The van der Waals surface area contributed by atoms with E-state index in [0.29, 0.717) is 19.1 Å². The minimum atomic E-state index is 0.0548. The molecular weight excluding hydrogens is 190 g/mol. The van der Waals surface area contributed by atoms with Gasteiger partial charge in [0.2, 0.25) is 5.91 Å². The molecule has 0 aliphatic carbocycles. The van der Waals surface area contributed by atoms with Gasteiger partial charge < -0.3 is 15.6 Å². The zero-order valence-corrected chi connectivity index (χ0v) is 9.34. The molecule has 0 spiro atoms. The molecule has 15 heavy (non-hydrogen) atoms. The number of aromatic amines is 1. The quantitative estimate of drug-likeness (QED) is 0.645. The smallest absolute Gasteiger partial charge is 0.233 e. The van der Waals surface area contributed by atoms with E-state index in [-0.39, 0.29) is 5.91 Å². The Labute approximate surface area is 90.5 Å². The first kappa shape index (κ1) is 11.8. The fourth-order valence-electron chi connectivity index (χ4n) is 1.22. The summed E-state index contributed by atoms with van der Waals surface area (Å²) in [5.41, 5.74) is 1.21. The number of hydrogen-bond donors (Lipinski definition) is 3. The third-order valence-corrected chi connectivity index (χ3v) is 2.07. The molecule has 0 radical (unpaired) electrons. The highest BCUT2D eigenvalue weighted by Gasteiger charge is 2.01. The van der Waals surface area contributed by atoms with Crippen LogP contribution in [0, 0.1) is 0 Å². The van der Waals surface area contributed by atoms with E-state index in [2.05, 4.69) is 15.6 Å². The van der Waals surface area contributed by atoms with Gasteiger partial charge in [-0.25, -0.2) is 0 Å². The van der Waals surface area contributed by atoms with Gasteiger partial charge in [-0.1, -0.05) is 13.8 Å². The van der Waals surface area contributed by atoms with Crippen LogP contribution in [0.15, 0.2) is 18.5 Å². The standard InChI is InChI=1S/C11H19N3O/c1-9(2)14-8-11(15)13-6-4-10-3-5-12-7-10/h3,5,7,9,12,14H,4,6,8H2,1-2H3,(H,13,15). The van der Waals surface area contributed by atoms with Crippen LogP contribution in [0.5, 0.6) is 0 Å². The summed E-state index contributed by atoms with van der Waals surface area (Å²) in [4.78, 5) is 14.3. The van der Waals surface area contributed by atoms with E-state index in [0.717, 1.165) is 6.42 Å². The van der Waals surface area contributed by atoms with E-state index >= 15 is 0 Å². The summed E-state index contributed by atoms with van der Waals surface area (Å²) in [6.07, 6.45) is 4.70. The Kier molecular flexibility index (Phi) is 4.90. The highest BCUT2D eigenvalue weighted by molar-refractivity contribution is 5.77. The average Bonchev–Trinajstić information content (AvgIpc) is 2.67. The van der Waals surface area contributed by atoms with Crippen molar-refractivity contribution in [3.05, 3.63) is 24.0 Å². The molecule has 0 bridgehead atoms. The lowest BCUT2D eigenvalue weighted by Gasteiger charge is -2.08. The molecule has 0 atom stereocenters. The predicted octanol–water partition coefficient (Wildman–Crippen LogP) is 0.671. The summed E-state index contributed by atoms with van der Waals surface area (Å²) in [6, 6.07) is 2.36. The van der Waals surface area contributed by atoms with Gasteiger partial charge in [-0.2, -0.15) is 0 Å². The lowest BCUT2D eigenvalue weighted by atomic mass is 10.2. The molecular formula is C11H19N3O. The number of nitrogens with one attached hydrogen (secondary N) is 3. The van der Waals surface area contributed by atoms with E-state index in [4.69, 9.17) is 0 Å². The molecule has 0 saturated carbocycles. The van der Waals surface area contributed by atoms with Gasteiger partial charge in [-0.05, 0) is 18.1 Å². The fourth-order valence-corrected chi connectivity index (χ4v) is 1.22. The summed E-state index contributed by atoms with van der Waals surface area (Å²) >= 11 is 0.